The van der Waals surface area contributed by atoms with Crippen LogP contribution < -0.4 is 4.90 Å². The molecule has 3 nitrogen and oxygen atoms in total. The smallest absolute Gasteiger partial charge is 0.165 e. The van der Waals surface area contributed by atoms with Crippen LogP contribution in [0.15, 0.2) is 152 Å². The molecule has 1 aliphatic heterocycles. The molecular formula is C42H25N3. The monoisotopic (exact) mass is 571 g/mol. The SMILES string of the molecule is c1ccc2cc3c(cc2c1)-c1cccc2cccc(c12)N3c1nc2ccccc2nc1-c1cc2ccccc2c2ccccc12. The third kappa shape index (κ3) is 3.52. The molecule has 0 fully saturated rings. The molecular weight excluding hydrogens is 546 g/mol. The minimum Gasteiger partial charge on any atom is -0.292 e. The maximum Gasteiger partial charge on any atom is 0.165 e. The third-order valence-electron chi connectivity index (χ3n) is 9.31. The summed E-state index contributed by atoms with van der Waals surface area (Å²) < 4.78 is 0. The quantitative estimate of drug-likeness (QED) is 0.193. The molecule has 1 aliphatic rings. The van der Waals surface area contributed by atoms with Crippen LogP contribution in [-0.4, -0.2) is 9.97 Å². The van der Waals surface area contributed by atoms with E-state index < -0.39 is 0 Å². The van der Waals surface area contributed by atoms with Gasteiger partial charge in [0.15, 0.2) is 5.82 Å². The average molecular weight is 572 g/mol. The van der Waals surface area contributed by atoms with Crippen molar-refractivity contribution in [2.45, 2.75) is 0 Å². The molecule has 208 valence electrons. The number of para-hydroxylation sites is 2. The number of nitrogens with zero attached hydrogens (tertiary/aromatic N) is 3. The van der Waals surface area contributed by atoms with Gasteiger partial charge in [-0.15, -0.1) is 0 Å². The number of aromatic nitrogens is 2. The molecule has 3 heteroatoms. The molecule has 0 atom stereocenters. The van der Waals surface area contributed by atoms with E-state index in [-0.39, 0.29) is 0 Å². The van der Waals surface area contributed by atoms with Crippen LogP contribution in [0.1, 0.15) is 0 Å². The first-order chi connectivity index (χ1) is 22.3. The summed E-state index contributed by atoms with van der Waals surface area (Å²) in [7, 11) is 0. The Balaban J connectivity index is 1.38. The molecule has 0 saturated carbocycles. The molecule has 2 heterocycles. The van der Waals surface area contributed by atoms with Crippen LogP contribution in [0.3, 0.4) is 0 Å². The third-order valence-corrected chi connectivity index (χ3v) is 9.31. The molecule has 0 radical (unpaired) electrons. The lowest BCUT2D eigenvalue weighted by atomic mass is 9.89. The van der Waals surface area contributed by atoms with Crippen molar-refractivity contribution in [3.63, 3.8) is 0 Å². The van der Waals surface area contributed by atoms with E-state index >= 15 is 0 Å². The van der Waals surface area contributed by atoms with Gasteiger partial charge < -0.3 is 0 Å². The van der Waals surface area contributed by atoms with E-state index in [0.717, 1.165) is 44.9 Å². The first-order valence-electron chi connectivity index (χ1n) is 15.3. The van der Waals surface area contributed by atoms with Gasteiger partial charge in [0.25, 0.3) is 0 Å². The molecule has 8 aromatic carbocycles. The van der Waals surface area contributed by atoms with E-state index in [1.807, 2.05) is 12.1 Å². The molecule has 10 rings (SSSR count). The van der Waals surface area contributed by atoms with Crippen LogP contribution >= 0.6 is 0 Å². The minimum atomic E-state index is 0.827. The zero-order chi connectivity index (χ0) is 29.5. The average Bonchev–Trinajstić information content (AvgIpc) is 3.10. The number of hydrogen-bond acceptors (Lipinski definition) is 3. The zero-order valence-electron chi connectivity index (χ0n) is 24.3. The Bertz CT molecular complexity index is 2670. The second-order valence-corrected chi connectivity index (χ2v) is 11.8. The topological polar surface area (TPSA) is 29.0 Å². The lowest BCUT2D eigenvalue weighted by Gasteiger charge is -2.34. The van der Waals surface area contributed by atoms with E-state index in [9.17, 15) is 0 Å². The summed E-state index contributed by atoms with van der Waals surface area (Å²) in [5.74, 6) is 0.827. The minimum absolute atomic E-state index is 0.827. The number of hydrogen-bond donors (Lipinski definition) is 0. The van der Waals surface area contributed by atoms with Crippen LogP contribution in [-0.2, 0) is 0 Å². The molecule has 0 amide bonds. The van der Waals surface area contributed by atoms with Gasteiger partial charge in [0.2, 0.25) is 0 Å². The molecule has 0 unspecified atom stereocenters. The first kappa shape index (κ1) is 24.4. The van der Waals surface area contributed by atoms with Crippen molar-refractivity contribution in [2.75, 3.05) is 4.90 Å². The highest BCUT2D eigenvalue weighted by atomic mass is 15.2. The molecule has 0 saturated heterocycles. The van der Waals surface area contributed by atoms with E-state index in [4.69, 9.17) is 9.97 Å². The lowest BCUT2D eigenvalue weighted by Crippen LogP contribution is -2.18. The standard InChI is InChI=1S/C42H25N3/c1-2-12-28-25-39-34(23-27(28)11-1)33-19-9-14-26-15-10-22-38(40(26)33)45(39)42-41(43-36-20-7-8-21-37(36)44-42)35-24-29-13-3-4-16-30(29)31-17-5-6-18-32(31)35/h1-25H. The van der Waals surface area contributed by atoms with E-state index in [0.29, 0.717) is 0 Å². The van der Waals surface area contributed by atoms with Gasteiger partial charge in [-0.3, -0.25) is 4.90 Å². The van der Waals surface area contributed by atoms with Crippen LogP contribution in [0.5, 0.6) is 0 Å². The fourth-order valence-electron chi connectivity index (χ4n) is 7.30. The largest absolute Gasteiger partial charge is 0.292 e. The molecule has 0 N–H and O–H groups in total. The van der Waals surface area contributed by atoms with Crippen molar-refractivity contribution < 1.29 is 0 Å². The van der Waals surface area contributed by atoms with Crippen molar-refractivity contribution in [1.29, 1.82) is 0 Å². The Morgan fingerprint density at radius 1 is 0.378 bits per heavy atom. The fraction of sp³-hybridized carbons (Fsp3) is 0. The van der Waals surface area contributed by atoms with E-state index in [2.05, 4.69) is 144 Å². The molecule has 0 bridgehead atoms. The Kier molecular flexibility index (Phi) is 5.00. The van der Waals surface area contributed by atoms with Gasteiger partial charge >= 0.3 is 0 Å². The van der Waals surface area contributed by atoms with E-state index in [1.165, 1.54) is 48.8 Å². The summed E-state index contributed by atoms with van der Waals surface area (Å²) >= 11 is 0. The second kappa shape index (κ2) is 9.22. The van der Waals surface area contributed by atoms with Gasteiger partial charge in [-0.1, -0.05) is 115 Å². The number of anilines is 3. The van der Waals surface area contributed by atoms with Crippen molar-refractivity contribution in [1.82, 2.24) is 9.97 Å². The zero-order valence-corrected chi connectivity index (χ0v) is 24.3. The van der Waals surface area contributed by atoms with Gasteiger partial charge in [0.1, 0.15) is 5.69 Å². The van der Waals surface area contributed by atoms with Crippen molar-refractivity contribution >= 4 is 71.3 Å². The maximum absolute atomic E-state index is 5.46. The summed E-state index contributed by atoms with van der Waals surface area (Å²) in [6.07, 6.45) is 0. The maximum atomic E-state index is 5.46. The fourth-order valence-corrected chi connectivity index (χ4v) is 7.30. The predicted molar refractivity (Wildman–Crippen MR) is 189 cm³/mol. The summed E-state index contributed by atoms with van der Waals surface area (Å²) in [5, 5.41) is 9.65. The number of rotatable bonds is 2. The van der Waals surface area contributed by atoms with Crippen molar-refractivity contribution in [2.24, 2.45) is 0 Å². The lowest BCUT2D eigenvalue weighted by molar-refractivity contribution is 1.18. The summed E-state index contributed by atoms with van der Waals surface area (Å²) in [4.78, 5) is 13.2. The van der Waals surface area contributed by atoms with Gasteiger partial charge in [-0.2, -0.15) is 0 Å². The van der Waals surface area contributed by atoms with Gasteiger partial charge in [-0.05, 0) is 79.7 Å². The normalized spacial score (nSPS) is 12.4. The molecule has 0 spiro atoms. The summed E-state index contributed by atoms with van der Waals surface area (Å²) in [5.41, 5.74) is 8.35. The number of benzene rings is 8. The molecule has 45 heavy (non-hydrogen) atoms. The van der Waals surface area contributed by atoms with Gasteiger partial charge in [0, 0.05) is 16.5 Å². The van der Waals surface area contributed by atoms with Crippen molar-refractivity contribution in [3.8, 4) is 22.4 Å². The highest BCUT2D eigenvalue weighted by Crippen LogP contribution is 2.53. The summed E-state index contributed by atoms with van der Waals surface area (Å²) in [6, 6.07) is 54.3. The summed E-state index contributed by atoms with van der Waals surface area (Å²) in [6.45, 7) is 0. The van der Waals surface area contributed by atoms with Gasteiger partial charge in [0.05, 0.1) is 22.4 Å². The van der Waals surface area contributed by atoms with Crippen LogP contribution in [0, 0.1) is 0 Å². The predicted octanol–water partition coefficient (Wildman–Crippen LogP) is 11.4. The Hall–Kier alpha value is -6.06. The highest BCUT2D eigenvalue weighted by Gasteiger charge is 2.30. The molecule has 1 aromatic heterocycles. The highest BCUT2D eigenvalue weighted by molar-refractivity contribution is 6.18. The Labute approximate surface area is 259 Å². The van der Waals surface area contributed by atoms with Crippen molar-refractivity contribution in [3.05, 3.63) is 152 Å². The van der Waals surface area contributed by atoms with Gasteiger partial charge in [-0.25, -0.2) is 9.97 Å². The molecule has 0 aliphatic carbocycles. The Morgan fingerprint density at radius 3 is 1.80 bits per heavy atom. The van der Waals surface area contributed by atoms with Crippen LogP contribution in [0.25, 0.3) is 76.5 Å². The molecule has 9 aromatic rings. The van der Waals surface area contributed by atoms with E-state index in [1.54, 1.807) is 0 Å². The van der Waals surface area contributed by atoms with Crippen LogP contribution in [0.4, 0.5) is 17.2 Å². The Morgan fingerprint density at radius 2 is 0.978 bits per heavy atom. The van der Waals surface area contributed by atoms with Crippen LogP contribution in [0.2, 0.25) is 0 Å². The second-order valence-electron chi connectivity index (χ2n) is 11.8. The first-order valence-corrected chi connectivity index (χ1v) is 15.3. The number of fused-ring (bicyclic) bond motifs is 7.